The Morgan fingerprint density at radius 2 is 2.00 bits per heavy atom. The Labute approximate surface area is 115 Å². The lowest BCUT2D eigenvalue weighted by atomic mass is 10.2. The van der Waals surface area contributed by atoms with Crippen molar-refractivity contribution in [1.82, 2.24) is 5.32 Å². The van der Waals surface area contributed by atoms with E-state index < -0.39 is 9.84 Å². The molecule has 1 heterocycles. The van der Waals surface area contributed by atoms with Crippen molar-refractivity contribution < 1.29 is 13.2 Å². The average Bonchev–Trinajstić information content (AvgIpc) is 2.67. The number of ether oxygens (including phenoxy) is 1. The molecule has 1 atom stereocenters. The second kappa shape index (κ2) is 5.92. The van der Waals surface area contributed by atoms with Crippen LogP contribution in [0.1, 0.15) is 25.8 Å². The molecule has 0 spiro atoms. The second-order valence-corrected chi connectivity index (χ2v) is 7.52. The first-order valence-corrected chi connectivity index (χ1v) is 8.46. The summed E-state index contributed by atoms with van der Waals surface area (Å²) in [5, 5.41) is 3.29. The molecule has 1 unspecified atom stereocenters. The maximum atomic E-state index is 11.3. The summed E-state index contributed by atoms with van der Waals surface area (Å²) in [7, 11) is -2.80. The molecule has 0 aliphatic carbocycles. The highest BCUT2D eigenvalue weighted by atomic mass is 32.2. The van der Waals surface area contributed by atoms with Gasteiger partial charge in [0.2, 0.25) is 0 Å². The standard InChI is InChI=1S/C14H21NO3S/c1-11(2)18-14-5-3-12(4-6-14)9-15-13-7-8-19(16,17)10-13/h3-6,11,13,15H,7-10H2,1-2H3. The van der Waals surface area contributed by atoms with Crippen LogP contribution < -0.4 is 10.1 Å². The summed E-state index contributed by atoms with van der Waals surface area (Å²) >= 11 is 0. The molecular weight excluding hydrogens is 262 g/mol. The number of sulfone groups is 1. The molecule has 0 radical (unpaired) electrons. The van der Waals surface area contributed by atoms with Gasteiger partial charge in [0.15, 0.2) is 9.84 Å². The highest BCUT2D eigenvalue weighted by Crippen LogP contribution is 2.15. The molecule has 2 rings (SSSR count). The van der Waals surface area contributed by atoms with Gasteiger partial charge in [-0.25, -0.2) is 8.42 Å². The van der Waals surface area contributed by atoms with Gasteiger partial charge in [0.25, 0.3) is 0 Å². The summed E-state index contributed by atoms with van der Waals surface area (Å²) < 4.78 is 28.3. The second-order valence-electron chi connectivity index (χ2n) is 5.29. The topological polar surface area (TPSA) is 55.4 Å². The molecule has 0 bridgehead atoms. The Morgan fingerprint density at radius 1 is 1.32 bits per heavy atom. The van der Waals surface area contributed by atoms with Crippen molar-refractivity contribution in [2.75, 3.05) is 11.5 Å². The van der Waals surface area contributed by atoms with E-state index in [1.54, 1.807) is 0 Å². The van der Waals surface area contributed by atoms with Crippen LogP contribution in [0.15, 0.2) is 24.3 Å². The minimum atomic E-state index is -2.80. The molecule has 106 valence electrons. The van der Waals surface area contributed by atoms with Gasteiger partial charge in [-0.3, -0.25) is 0 Å². The lowest BCUT2D eigenvalue weighted by Gasteiger charge is -2.12. The zero-order valence-corrected chi connectivity index (χ0v) is 12.2. The zero-order chi connectivity index (χ0) is 13.9. The summed E-state index contributed by atoms with van der Waals surface area (Å²) in [6.07, 6.45) is 0.893. The predicted molar refractivity (Wildman–Crippen MR) is 76.1 cm³/mol. The van der Waals surface area contributed by atoms with Gasteiger partial charge in [-0.2, -0.15) is 0 Å². The minimum Gasteiger partial charge on any atom is -0.491 e. The highest BCUT2D eigenvalue weighted by Gasteiger charge is 2.27. The molecule has 1 aliphatic rings. The molecule has 1 aromatic carbocycles. The van der Waals surface area contributed by atoms with Gasteiger partial charge in [-0.15, -0.1) is 0 Å². The molecule has 0 amide bonds. The van der Waals surface area contributed by atoms with Crippen LogP contribution in [0.25, 0.3) is 0 Å². The van der Waals surface area contributed by atoms with Crippen molar-refractivity contribution in [3.8, 4) is 5.75 Å². The van der Waals surface area contributed by atoms with Gasteiger partial charge >= 0.3 is 0 Å². The summed E-state index contributed by atoms with van der Waals surface area (Å²) in [4.78, 5) is 0. The van der Waals surface area contributed by atoms with Crippen LogP contribution >= 0.6 is 0 Å². The molecule has 1 saturated heterocycles. The molecule has 1 aromatic rings. The Bertz CT molecular complexity index is 508. The van der Waals surface area contributed by atoms with Crippen LogP contribution in [-0.2, 0) is 16.4 Å². The van der Waals surface area contributed by atoms with Crippen LogP contribution in [0.2, 0.25) is 0 Å². The fraction of sp³-hybridized carbons (Fsp3) is 0.571. The molecule has 0 aromatic heterocycles. The number of benzene rings is 1. The summed E-state index contributed by atoms with van der Waals surface area (Å²) in [5.41, 5.74) is 1.14. The molecule has 1 aliphatic heterocycles. The van der Waals surface area contributed by atoms with Gasteiger partial charge < -0.3 is 10.1 Å². The molecule has 1 fully saturated rings. The van der Waals surface area contributed by atoms with E-state index in [9.17, 15) is 8.42 Å². The Balaban J connectivity index is 1.83. The first-order valence-electron chi connectivity index (χ1n) is 6.64. The number of nitrogens with one attached hydrogen (secondary N) is 1. The van der Waals surface area contributed by atoms with Crippen molar-refractivity contribution in [3.05, 3.63) is 29.8 Å². The maximum absolute atomic E-state index is 11.3. The smallest absolute Gasteiger partial charge is 0.151 e. The fourth-order valence-corrected chi connectivity index (χ4v) is 3.88. The van der Waals surface area contributed by atoms with Crippen LogP contribution in [0.3, 0.4) is 0 Å². The van der Waals surface area contributed by atoms with Crippen molar-refractivity contribution in [2.24, 2.45) is 0 Å². The summed E-state index contributed by atoms with van der Waals surface area (Å²) in [6.45, 7) is 4.69. The van der Waals surface area contributed by atoms with E-state index >= 15 is 0 Å². The zero-order valence-electron chi connectivity index (χ0n) is 11.4. The van der Waals surface area contributed by atoms with Crippen LogP contribution in [0.4, 0.5) is 0 Å². The molecule has 4 nitrogen and oxygen atoms in total. The predicted octanol–water partition coefficient (Wildman–Crippen LogP) is 1.75. The monoisotopic (exact) mass is 283 g/mol. The molecule has 5 heteroatoms. The first-order chi connectivity index (χ1) is 8.94. The van der Waals surface area contributed by atoms with E-state index in [2.05, 4.69) is 5.32 Å². The first kappa shape index (κ1) is 14.3. The minimum absolute atomic E-state index is 0.0941. The van der Waals surface area contributed by atoms with Gasteiger partial charge in [0.1, 0.15) is 5.75 Å². The SMILES string of the molecule is CC(C)Oc1ccc(CNC2CCS(=O)(=O)C2)cc1. The Morgan fingerprint density at radius 3 is 2.53 bits per heavy atom. The van der Waals surface area contributed by atoms with Crippen LogP contribution in [0.5, 0.6) is 5.75 Å². The van der Waals surface area contributed by atoms with Gasteiger partial charge in [-0.05, 0) is 38.0 Å². The third-order valence-corrected chi connectivity index (χ3v) is 4.89. The third-order valence-electron chi connectivity index (χ3n) is 3.12. The van der Waals surface area contributed by atoms with Gasteiger partial charge in [0.05, 0.1) is 17.6 Å². The van der Waals surface area contributed by atoms with Crippen molar-refractivity contribution in [3.63, 3.8) is 0 Å². The van der Waals surface area contributed by atoms with Gasteiger partial charge in [0, 0.05) is 12.6 Å². The van der Waals surface area contributed by atoms with Crippen molar-refractivity contribution in [1.29, 1.82) is 0 Å². The van der Waals surface area contributed by atoms with Crippen LogP contribution in [0, 0.1) is 0 Å². The van der Waals surface area contributed by atoms with E-state index in [0.717, 1.165) is 17.7 Å². The molecular formula is C14H21NO3S. The Hall–Kier alpha value is -1.07. The third kappa shape index (κ3) is 4.51. The van der Waals surface area contributed by atoms with E-state index in [4.69, 9.17) is 4.74 Å². The maximum Gasteiger partial charge on any atom is 0.151 e. The molecule has 19 heavy (non-hydrogen) atoms. The summed E-state index contributed by atoms with van der Waals surface area (Å²) in [6, 6.07) is 8.00. The van der Waals surface area contributed by atoms with E-state index in [1.165, 1.54) is 0 Å². The number of hydrogen-bond donors (Lipinski definition) is 1. The van der Waals surface area contributed by atoms with Gasteiger partial charge in [-0.1, -0.05) is 12.1 Å². The van der Waals surface area contributed by atoms with E-state index in [1.807, 2.05) is 38.1 Å². The normalized spacial score (nSPS) is 21.7. The lowest BCUT2D eigenvalue weighted by molar-refractivity contribution is 0.242. The number of hydrogen-bond acceptors (Lipinski definition) is 4. The largest absolute Gasteiger partial charge is 0.491 e. The average molecular weight is 283 g/mol. The van der Waals surface area contributed by atoms with Crippen molar-refractivity contribution in [2.45, 2.75) is 39.0 Å². The van der Waals surface area contributed by atoms with Crippen LogP contribution in [-0.4, -0.2) is 32.1 Å². The quantitative estimate of drug-likeness (QED) is 0.894. The van der Waals surface area contributed by atoms with Crippen molar-refractivity contribution >= 4 is 9.84 Å². The van der Waals surface area contributed by atoms with E-state index in [0.29, 0.717) is 12.3 Å². The number of rotatable bonds is 5. The molecule has 0 saturated carbocycles. The highest BCUT2D eigenvalue weighted by molar-refractivity contribution is 7.91. The van der Waals surface area contributed by atoms with E-state index in [-0.39, 0.29) is 17.9 Å². The Kier molecular flexibility index (Phi) is 4.47. The fourth-order valence-electron chi connectivity index (χ4n) is 2.18. The summed E-state index contributed by atoms with van der Waals surface area (Å²) in [5.74, 6) is 1.44. The molecule has 1 N–H and O–H groups in total. The lowest BCUT2D eigenvalue weighted by Crippen LogP contribution is -2.29.